The second-order valence-electron chi connectivity index (χ2n) is 3.44. The predicted octanol–water partition coefficient (Wildman–Crippen LogP) is 0.911. The minimum Gasteiger partial charge on any atom is -0.383 e. The van der Waals surface area contributed by atoms with Crippen LogP contribution in [-0.4, -0.2) is 42.6 Å². The van der Waals surface area contributed by atoms with Gasteiger partial charge < -0.3 is 15.4 Å². The molecular formula is C11H16FN3O2. The Morgan fingerprint density at radius 2 is 2.35 bits per heavy atom. The third-order valence-electron chi connectivity index (χ3n) is 2.38. The minimum atomic E-state index is -0.770. The molecule has 17 heavy (non-hydrogen) atoms. The van der Waals surface area contributed by atoms with Crippen molar-refractivity contribution in [3.63, 3.8) is 0 Å². The van der Waals surface area contributed by atoms with Crippen molar-refractivity contribution in [2.45, 2.75) is 6.92 Å². The third kappa shape index (κ3) is 3.13. The molecule has 0 aliphatic heterocycles. The van der Waals surface area contributed by atoms with Gasteiger partial charge in [0.2, 0.25) is 0 Å². The highest BCUT2D eigenvalue weighted by Gasteiger charge is 2.19. The van der Waals surface area contributed by atoms with Crippen molar-refractivity contribution < 1.29 is 13.9 Å². The monoisotopic (exact) mass is 241 g/mol. The zero-order valence-corrected chi connectivity index (χ0v) is 9.94. The van der Waals surface area contributed by atoms with Gasteiger partial charge in [-0.3, -0.25) is 4.79 Å². The van der Waals surface area contributed by atoms with Gasteiger partial charge in [0, 0.05) is 26.4 Å². The second kappa shape index (κ2) is 6.15. The van der Waals surface area contributed by atoms with E-state index < -0.39 is 11.7 Å². The Bertz CT molecular complexity index is 398. The van der Waals surface area contributed by atoms with Gasteiger partial charge in [-0.1, -0.05) is 0 Å². The molecule has 0 spiro atoms. The third-order valence-corrected chi connectivity index (χ3v) is 2.38. The fourth-order valence-electron chi connectivity index (χ4n) is 1.40. The fraction of sp³-hybridized carbons (Fsp3) is 0.455. The zero-order valence-electron chi connectivity index (χ0n) is 9.94. The summed E-state index contributed by atoms with van der Waals surface area (Å²) in [5.74, 6) is -1.44. The molecular weight excluding hydrogens is 225 g/mol. The van der Waals surface area contributed by atoms with Crippen molar-refractivity contribution in [3.8, 4) is 0 Å². The number of pyridine rings is 1. The summed E-state index contributed by atoms with van der Waals surface area (Å²) in [6.45, 7) is 3.11. The molecule has 0 saturated heterocycles. The molecule has 0 radical (unpaired) electrons. The summed E-state index contributed by atoms with van der Waals surface area (Å²) in [6, 6.07) is 1.32. The number of nitrogens with zero attached hydrogens (tertiary/aromatic N) is 2. The fourth-order valence-corrected chi connectivity index (χ4v) is 1.40. The van der Waals surface area contributed by atoms with Crippen LogP contribution >= 0.6 is 0 Å². The van der Waals surface area contributed by atoms with E-state index in [2.05, 4.69) is 4.98 Å². The largest absolute Gasteiger partial charge is 0.383 e. The molecule has 0 bridgehead atoms. The molecule has 94 valence electrons. The summed E-state index contributed by atoms with van der Waals surface area (Å²) in [5, 5.41) is 0. The molecule has 0 aliphatic carbocycles. The van der Waals surface area contributed by atoms with Crippen molar-refractivity contribution >= 4 is 11.7 Å². The van der Waals surface area contributed by atoms with Crippen LogP contribution in [0.3, 0.4) is 0 Å². The van der Waals surface area contributed by atoms with Gasteiger partial charge in [-0.25, -0.2) is 9.37 Å². The Morgan fingerprint density at radius 1 is 1.65 bits per heavy atom. The van der Waals surface area contributed by atoms with E-state index in [-0.39, 0.29) is 11.4 Å². The Balaban J connectivity index is 2.90. The van der Waals surface area contributed by atoms with Crippen LogP contribution < -0.4 is 5.73 Å². The molecule has 1 aromatic rings. The van der Waals surface area contributed by atoms with E-state index >= 15 is 0 Å². The average Bonchev–Trinajstić information content (AvgIpc) is 2.33. The molecule has 0 aliphatic rings. The maximum atomic E-state index is 13.6. The molecule has 1 rings (SSSR count). The Kier molecular flexibility index (Phi) is 4.84. The molecule has 5 nitrogen and oxygen atoms in total. The summed E-state index contributed by atoms with van der Waals surface area (Å²) in [6.07, 6.45) is 1.32. The number of ether oxygens (including phenoxy) is 1. The average molecular weight is 241 g/mol. The van der Waals surface area contributed by atoms with Gasteiger partial charge in [-0.2, -0.15) is 0 Å². The molecule has 1 amide bonds. The molecule has 0 saturated carbocycles. The summed E-state index contributed by atoms with van der Waals surface area (Å²) in [7, 11) is 1.54. The number of hydrogen-bond donors (Lipinski definition) is 1. The van der Waals surface area contributed by atoms with Gasteiger partial charge in [0.1, 0.15) is 0 Å². The summed E-state index contributed by atoms with van der Waals surface area (Å²) in [5.41, 5.74) is 5.26. The first kappa shape index (κ1) is 13.4. The van der Waals surface area contributed by atoms with E-state index in [9.17, 15) is 9.18 Å². The SMILES string of the molecule is CCN(CCOC)C(=O)c1ccnc(N)c1F. The van der Waals surface area contributed by atoms with Crippen LogP contribution in [0.5, 0.6) is 0 Å². The highest BCUT2D eigenvalue weighted by molar-refractivity contribution is 5.95. The molecule has 0 aromatic carbocycles. The lowest BCUT2D eigenvalue weighted by molar-refractivity contribution is 0.0702. The summed E-state index contributed by atoms with van der Waals surface area (Å²) >= 11 is 0. The smallest absolute Gasteiger partial charge is 0.257 e. The van der Waals surface area contributed by atoms with Crippen LogP contribution in [0, 0.1) is 5.82 Å². The first-order valence-electron chi connectivity index (χ1n) is 5.30. The number of halogens is 1. The van der Waals surface area contributed by atoms with Gasteiger partial charge in [0.15, 0.2) is 11.6 Å². The van der Waals surface area contributed by atoms with Crippen molar-refractivity contribution in [2.75, 3.05) is 32.5 Å². The van der Waals surface area contributed by atoms with E-state index in [1.165, 1.54) is 17.2 Å². The molecule has 2 N–H and O–H groups in total. The van der Waals surface area contributed by atoms with E-state index in [1.54, 1.807) is 7.11 Å². The summed E-state index contributed by atoms with van der Waals surface area (Å²) in [4.78, 5) is 17.1. The van der Waals surface area contributed by atoms with Gasteiger partial charge in [-0.15, -0.1) is 0 Å². The van der Waals surface area contributed by atoms with Crippen LogP contribution in [0.2, 0.25) is 0 Å². The minimum absolute atomic E-state index is 0.0598. The van der Waals surface area contributed by atoms with E-state index in [0.717, 1.165) is 0 Å². The lowest BCUT2D eigenvalue weighted by Gasteiger charge is -2.20. The van der Waals surface area contributed by atoms with Gasteiger partial charge in [0.25, 0.3) is 5.91 Å². The number of rotatable bonds is 5. The highest BCUT2D eigenvalue weighted by atomic mass is 19.1. The maximum Gasteiger partial charge on any atom is 0.257 e. The summed E-state index contributed by atoms with van der Waals surface area (Å²) < 4.78 is 18.5. The van der Waals surface area contributed by atoms with Gasteiger partial charge >= 0.3 is 0 Å². The van der Waals surface area contributed by atoms with Gasteiger partial charge in [0.05, 0.1) is 12.2 Å². The Morgan fingerprint density at radius 3 is 2.94 bits per heavy atom. The number of carbonyl (C=O) groups is 1. The lowest BCUT2D eigenvalue weighted by Crippen LogP contribution is -2.34. The highest BCUT2D eigenvalue weighted by Crippen LogP contribution is 2.14. The zero-order chi connectivity index (χ0) is 12.8. The van der Waals surface area contributed by atoms with E-state index in [0.29, 0.717) is 19.7 Å². The maximum absolute atomic E-state index is 13.6. The number of amides is 1. The molecule has 6 heteroatoms. The quantitative estimate of drug-likeness (QED) is 0.832. The number of hydrogen-bond acceptors (Lipinski definition) is 4. The number of nitrogens with two attached hydrogens (primary N) is 1. The Labute approximate surface area is 99.4 Å². The second-order valence-corrected chi connectivity index (χ2v) is 3.44. The Hall–Kier alpha value is -1.69. The van der Waals surface area contributed by atoms with Crippen molar-refractivity contribution in [1.29, 1.82) is 0 Å². The molecule has 0 fully saturated rings. The molecule has 0 atom stereocenters. The molecule has 1 aromatic heterocycles. The number of carbonyl (C=O) groups excluding carboxylic acids is 1. The lowest BCUT2D eigenvalue weighted by atomic mass is 10.2. The number of nitrogen functional groups attached to an aromatic ring is 1. The number of aromatic nitrogens is 1. The standard InChI is InChI=1S/C11H16FN3O2/c1-3-15(6-7-17-2)11(16)8-4-5-14-10(13)9(8)12/h4-5H,3,6-7H2,1-2H3,(H2,13,14). The van der Waals surface area contributed by atoms with Crippen molar-refractivity contribution in [2.24, 2.45) is 0 Å². The normalized spacial score (nSPS) is 10.3. The number of likely N-dealkylation sites (N-methyl/N-ethyl adjacent to an activating group) is 1. The van der Waals surface area contributed by atoms with Crippen molar-refractivity contribution in [3.05, 3.63) is 23.6 Å². The first-order valence-corrected chi connectivity index (χ1v) is 5.30. The van der Waals surface area contributed by atoms with Crippen LogP contribution in [-0.2, 0) is 4.74 Å². The van der Waals surface area contributed by atoms with Crippen LogP contribution in [0.25, 0.3) is 0 Å². The van der Waals surface area contributed by atoms with Crippen LogP contribution in [0.15, 0.2) is 12.3 Å². The van der Waals surface area contributed by atoms with Crippen molar-refractivity contribution in [1.82, 2.24) is 9.88 Å². The molecule has 1 heterocycles. The van der Waals surface area contributed by atoms with Crippen LogP contribution in [0.4, 0.5) is 10.2 Å². The topological polar surface area (TPSA) is 68.5 Å². The van der Waals surface area contributed by atoms with Crippen LogP contribution in [0.1, 0.15) is 17.3 Å². The predicted molar refractivity (Wildman–Crippen MR) is 62.1 cm³/mol. The van der Waals surface area contributed by atoms with E-state index in [1.807, 2.05) is 6.92 Å². The van der Waals surface area contributed by atoms with Gasteiger partial charge in [-0.05, 0) is 13.0 Å². The number of anilines is 1. The molecule has 0 unspecified atom stereocenters. The van der Waals surface area contributed by atoms with E-state index in [4.69, 9.17) is 10.5 Å². The number of methoxy groups -OCH3 is 1. The first-order chi connectivity index (χ1) is 8.11.